The van der Waals surface area contributed by atoms with Crippen molar-refractivity contribution in [1.82, 2.24) is 19.6 Å². The zero-order valence-corrected chi connectivity index (χ0v) is 10.2. The van der Waals surface area contributed by atoms with Crippen molar-refractivity contribution in [3.8, 4) is 0 Å². The van der Waals surface area contributed by atoms with Crippen LogP contribution in [0.4, 0.5) is 5.69 Å². The highest BCUT2D eigenvalue weighted by molar-refractivity contribution is 6.28. The molecule has 0 radical (unpaired) electrons. The summed E-state index contributed by atoms with van der Waals surface area (Å²) in [7, 11) is 0. The molecule has 0 aliphatic carbocycles. The molecule has 3 heterocycles. The summed E-state index contributed by atoms with van der Waals surface area (Å²) in [5.41, 5.74) is 2.71. The van der Waals surface area contributed by atoms with E-state index >= 15 is 0 Å². The van der Waals surface area contributed by atoms with E-state index in [1.165, 1.54) is 0 Å². The van der Waals surface area contributed by atoms with Crippen molar-refractivity contribution < 1.29 is 0 Å². The molecule has 0 aliphatic heterocycles. The van der Waals surface area contributed by atoms with Gasteiger partial charge < -0.3 is 5.32 Å². The van der Waals surface area contributed by atoms with Crippen LogP contribution in [0.2, 0.25) is 5.28 Å². The van der Waals surface area contributed by atoms with Crippen molar-refractivity contribution in [2.24, 2.45) is 0 Å². The Balaban J connectivity index is 1.86. The topological polar surface area (TPSA) is 55.1 Å². The number of nitrogens with one attached hydrogen (secondary N) is 1. The molecule has 0 aliphatic rings. The molecule has 3 rings (SSSR count). The zero-order valence-electron chi connectivity index (χ0n) is 9.42. The average molecular weight is 260 g/mol. The minimum Gasteiger partial charge on any atom is -0.378 e. The standard InChI is InChI=1S/C12H10ClN5/c13-12-16-11-10(4-2-6-18(11)17-12)15-8-9-3-1-5-14-7-9/h1-7,15H,8H2. The van der Waals surface area contributed by atoms with Crippen molar-refractivity contribution in [1.29, 1.82) is 0 Å². The van der Waals surface area contributed by atoms with Crippen LogP contribution in [-0.2, 0) is 6.54 Å². The van der Waals surface area contributed by atoms with Crippen LogP contribution in [0.25, 0.3) is 5.65 Å². The molecular weight excluding hydrogens is 250 g/mol. The number of anilines is 1. The molecule has 5 nitrogen and oxygen atoms in total. The van der Waals surface area contributed by atoms with Gasteiger partial charge in [-0.3, -0.25) is 4.98 Å². The molecule has 1 N–H and O–H groups in total. The van der Waals surface area contributed by atoms with Gasteiger partial charge in [0.05, 0.1) is 5.69 Å². The maximum atomic E-state index is 5.79. The number of aromatic nitrogens is 4. The fourth-order valence-electron chi connectivity index (χ4n) is 1.72. The van der Waals surface area contributed by atoms with E-state index in [2.05, 4.69) is 20.4 Å². The Morgan fingerprint density at radius 2 is 2.22 bits per heavy atom. The van der Waals surface area contributed by atoms with Gasteiger partial charge in [0.25, 0.3) is 0 Å². The summed E-state index contributed by atoms with van der Waals surface area (Å²) in [4.78, 5) is 8.23. The van der Waals surface area contributed by atoms with Gasteiger partial charge in [-0.25, -0.2) is 4.52 Å². The minimum atomic E-state index is 0.241. The molecule has 0 saturated carbocycles. The third kappa shape index (κ3) is 2.12. The first-order valence-corrected chi connectivity index (χ1v) is 5.84. The summed E-state index contributed by atoms with van der Waals surface area (Å²) in [5.74, 6) is 0. The van der Waals surface area contributed by atoms with E-state index in [9.17, 15) is 0 Å². The number of hydrogen-bond acceptors (Lipinski definition) is 4. The van der Waals surface area contributed by atoms with Gasteiger partial charge in [-0.05, 0) is 35.4 Å². The Hall–Kier alpha value is -2.14. The normalized spacial score (nSPS) is 10.7. The Morgan fingerprint density at radius 3 is 3.06 bits per heavy atom. The Kier molecular flexibility index (Phi) is 2.82. The van der Waals surface area contributed by atoms with Crippen LogP contribution >= 0.6 is 11.6 Å². The van der Waals surface area contributed by atoms with Crippen molar-refractivity contribution in [2.75, 3.05) is 5.32 Å². The minimum absolute atomic E-state index is 0.241. The van der Waals surface area contributed by atoms with Crippen LogP contribution in [0.3, 0.4) is 0 Å². The number of nitrogens with zero attached hydrogens (tertiary/aromatic N) is 4. The Labute approximate surface area is 108 Å². The van der Waals surface area contributed by atoms with Gasteiger partial charge in [-0.15, -0.1) is 5.10 Å². The molecule has 6 heteroatoms. The van der Waals surface area contributed by atoms with E-state index in [-0.39, 0.29) is 5.28 Å². The van der Waals surface area contributed by atoms with Crippen LogP contribution < -0.4 is 5.32 Å². The van der Waals surface area contributed by atoms with Crippen LogP contribution in [-0.4, -0.2) is 19.6 Å². The largest absolute Gasteiger partial charge is 0.378 e. The number of rotatable bonds is 3. The zero-order chi connectivity index (χ0) is 12.4. The highest BCUT2D eigenvalue weighted by atomic mass is 35.5. The summed E-state index contributed by atoms with van der Waals surface area (Å²) in [5, 5.41) is 7.58. The van der Waals surface area contributed by atoms with Gasteiger partial charge >= 0.3 is 0 Å². The van der Waals surface area contributed by atoms with E-state index in [0.717, 1.165) is 11.3 Å². The third-order valence-corrected chi connectivity index (χ3v) is 2.70. The molecule has 0 spiro atoms. The maximum absolute atomic E-state index is 5.79. The summed E-state index contributed by atoms with van der Waals surface area (Å²) >= 11 is 5.79. The second kappa shape index (κ2) is 4.62. The van der Waals surface area contributed by atoms with Gasteiger partial charge in [0, 0.05) is 25.1 Å². The summed E-state index contributed by atoms with van der Waals surface area (Å²) in [6.45, 7) is 0.679. The number of fused-ring (bicyclic) bond motifs is 1. The molecule has 0 amide bonds. The number of halogens is 1. The lowest BCUT2D eigenvalue weighted by Gasteiger charge is -2.06. The van der Waals surface area contributed by atoms with E-state index < -0.39 is 0 Å². The number of hydrogen-bond donors (Lipinski definition) is 1. The molecule has 90 valence electrons. The van der Waals surface area contributed by atoms with Crippen LogP contribution in [0, 0.1) is 0 Å². The van der Waals surface area contributed by atoms with Crippen LogP contribution in [0.15, 0.2) is 42.9 Å². The van der Waals surface area contributed by atoms with E-state index in [1.807, 2.05) is 36.7 Å². The average Bonchev–Trinajstić information content (AvgIpc) is 2.78. The predicted octanol–water partition coefficient (Wildman–Crippen LogP) is 2.39. The molecule has 3 aromatic rings. The summed E-state index contributed by atoms with van der Waals surface area (Å²) in [6.07, 6.45) is 5.38. The monoisotopic (exact) mass is 259 g/mol. The van der Waals surface area contributed by atoms with Crippen molar-refractivity contribution in [3.63, 3.8) is 0 Å². The Morgan fingerprint density at radius 1 is 1.28 bits per heavy atom. The van der Waals surface area contributed by atoms with Gasteiger partial charge in [0.2, 0.25) is 5.28 Å². The molecular formula is C12H10ClN5. The molecule has 0 saturated heterocycles. The van der Waals surface area contributed by atoms with Crippen molar-refractivity contribution in [2.45, 2.75) is 6.54 Å². The molecule has 0 unspecified atom stereocenters. The molecule has 0 fully saturated rings. The molecule has 0 bridgehead atoms. The first kappa shape index (κ1) is 11.0. The van der Waals surface area contributed by atoms with Crippen molar-refractivity contribution >= 4 is 22.9 Å². The second-order valence-corrected chi connectivity index (χ2v) is 4.12. The summed E-state index contributed by atoms with van der Waals surface area (Å²) in [6, 6.07) is 7.75. The molecule has 18 heavy (non-hydrogen) atoms. The van der Waals surface area contributed by atoms with Crippen molar-refractivity contribution in [3.05, 3.63) is 53.7 Å². The van der Waals surface area contributed by atoms with Crippen LogP contribution in [0.1, 0.15) is 5.56 Å². The van der Waals surface area contributed by atoms with E-state index in [0.29, 0.717) is 12.2 Å². The highest BCUT2D eigenvalue weighted by Crippen LogP contribution is 2.17. The lowest BCUT2D eigenvalue weighted by atomic mass is 10.3. The lowest BCUT2D eigenvalue weighted by Crippen LogP contribution is -2.01. The molecule has 0 aromatic carbocycles. The van der Waals surface area contributed by atoms with Gasteiger partial charge in [-0.2, -0.15) is 4.98 Å². The van der Waals surface area contributed by atoms with Gasteiger partial charge in [0.1, 0.15) is 0 Å². The smallest absolute Gasteiger partial charge is 0.243 e. The summed E-state index contributed by atoms with van der Waals surface area (Å²) < 4.78 is 1.65. The third-order valence-electron chi connectivity index (χ3n) is 2.54. The molecule has 0 atom stereocenters. The predicted molar refractivity (Wildman–Crippen MR) is 69.6 cm³/mol. The highest BCUT2D eigenvalue weighted by Gasteiger charge is 2.05. The van der Waals surface area contributed by atoms with Gasteiger partial charge in [0.15, 0.2) is 5.65 Å². The number of pyridine rings is 2. The van der Waals surface area contributed by atoms with E-state index in [1.54, 1.807) is 10.7 Å². The molecule has 3 aromatic heterocycles. The van der Waals surface area contributed by atoms with Gasteiger partial charge in [-0.1, -0.05) is 6.07 Å². The fourth-order valence-corrected chi connectivity index (χ4v) is 1.88. The maximum Gasteiger partial charge on any atom is 0.243 e. The fraction of sp³-hybridized carbons (Fsp3) is 0.0833. The van der Waals surface area contributed by atoms with E-state index in [4.69, 9.17) is 11.6 Å². The first-order chi connectivity index (χ1) is 8.83. The van der Waals surface area contributed by atoms with Crippen LogP contribution in [0.5, 0.6) is 0 Å². The Bertz CT molecular complexity index is 665. The second-order valence-electron chi connectivity index (χ2n) is 3.79. The first-order valence-electron chi connectivity index (χ1n) is 5.46. The SMILES string of the molecule is Clc1nc2c(NCc3cccnc3)cccn2n1. The quantitative estimate of drug-likeness (QED) is 0.785. The lowest BCUT2D eigenvalue weighted by molar-refractivity contribution is 0.959.